The van der Waals surface area contributed by atoms with Crippen LogP contribution in [0.3, 0.4) is 0 Å². The van der Waals surface area contributed by atoms with Crippen molar-refractivity contribution >= 4 is 38.4 Å². The number of anilines is 1. The van der Waals surface area contributed by atoms with Gasteiger partial charge in [0.2, 0.25) is 5.76 Å². The van der Waals surface area contributed by atoms with Crippen molar-refractivity contribution in [3.63, 3.8) is 0 Å². The molecule has 0 saturated heterocycles. The Morgan fingerprint density at radius 1 is 1.07 bits per heavy atom. The summed E-state index contributed by atoms with van der Waals surface area (Å²) in [6.45, 7) is 3.35. The molecule has 1 amide bonds. The van der Waals surface area contributed by atoms with Crippen LogP contribution in [-0.2, 0) is 14.6 Å². The highest BCUT2D eigenvalue weighted by atomic mass is 32.2. The summed E-state index contributed by atoms with van der Waals surface area (Å²) < 4.78 is 34.7. The molecule has 1 N–H and O–H groups in total. The average Bonchev–Trinajstić information content (AvgIpc) is 3.07. The van der Waals surface area contributed by atoms with Gasteiger partial charge >= 0.3 is 5.97 Å². The van der Waals surface area contributed by atoms with Crippen molar-refractivity contribution in [3.05, 3.63) is 59.9 Å². The molecule has 0 radical (unpaired) electrons. The lowest BCUT2D eigenvalue weighted by Gasteiger charge is -2.08. The highest BCUT2D eigenvalue weighted by Crippen LogP contribution is 2.32. The van der Waals surface area contributed by atoms with Crippen LogP contribution in [0.2, 0.25) is 0 Å². The summed E-state index contributed by atoms with van der Waals surface area (Å²) in [5, 5.41) is 3.20. The topological polar surface area (TPSA) is 103 Å². The molecule has 0 aliphatic heterocycles. The second-order valence-electron chi connectivity index (χ2n) is 5.91. The number of carbonyl (C=O) groups excluding carboxylic acids is 2. The first-order valence-electron chi connectivity index (χ1n) is 8.70. The minimum Gasteiger partial charge on any atom is -0.460 e. The van der Waals surface area contributed by atoms with E-state index in [9.17, 15) is 18.0 Å². The van der Waals surface area contributed by atoms with Crippen LogP contribution in [-0.4, -0.2) is 32.7 Å². The molecule has 1 heterocycles. The fraction of sp³-hybridized carbons (Fsp3) is 0.200. The number of esters is 1. The summed E-state index contributed by atoms with van der Waals surface area (Å²) in [5.74, 6) is -1.45. The first-order valence-corrected chi connectivity index (χ1v) is 10.4. The van der Waals surface area contributed by atoms with Gasteiger partial charge in [0.15, 0.2) is 9.84 Å². The average molecular weight is 401 g/mol. The summed E-state index contributed by atoms with van der Waals surface area (Å²) in [7, 11) is -3.45. The number of hydrogen-bond acceptors (Lipinski definition) is 6. The first-order chi connectivity index (χ1) is 13.4. The van der Waals surface area contributed by atoms with E-state index in [-0.39, 0.29) is 34.3 Å². The quantitative estimate of drug-likeness (QED) is 0.633. The summed E-state index contributed by atoms with van der Waals surface area (Å²) in [4.78, 5) is 25.0. The number of carbonyl (C=O) groups is 2. The van der Waals surface area contributed by atoms with Gasteiger partial charge in [-0.3, -0.25) is 4.79 Å². The zero-order chi connectivity index (χ0) is 20.3. The van der Waals surface area contributed by atoms with Gasteiger partial charge in [0.1, 0.15) is 11.3 Å². The van der Waals surface area contributed by atoms with Gasteiger partial charge < -0.3 is 14.5 Å². The molecular weight excluding hydrogens is 382 g/mol. The predicted octanol–water partition coefficient (Wildman–Crippen LogP) is 3.66. The number of amides is 1. The van der Waals surface area contributed by atoms with Crippen LogP contribution in [0.5, 0.6) is 0 Å². The van der Waals surface area contributed by atoms with Crippen LogP contribution in [0.15, 0.2) is 57.8 Å². The molecule has 8 heteroatoms. The Balaban J connectivity index is 2.01. The van der Waals surface area contributed by atoms with Gasteiger partial charge in [-0.25, -0.2) is 13.2 Å². The lowest BCUT2D eigenvalue weighted by molar-refractivity contribution is 0.0494. The third-order valence-corrected chi connectivity index (χ3v) is 5.86. The van der Waals surface area contributed by atoms with Gasteiger partial charge in [0.25, 0.3) is 5.91 Å². The van der Waals surface area contributed by atoms with Crippen LogP contribution >= 0.6 is 0 Å². The number of furan rings is 1. The maximum absolute atomic E-state index is 12.8. The minimum atomic E-state index is -3.45. The molecule has 146 valence electrons. The summed E-state index contributed by atoms with van der Waals surface area (Å²) in [6.07, 6.45) is 0. The van der Waals surface area contributed by atoms with E-state index in [0.29, 0.717) is 11.0 Å². The van der Waals surface area contributed by atoms with Gasteiger partial charge in [-0.1, -0.05) is 25.1 Å². The monoisotopic (exact) mass is 401 g/mol. The van der Waals surface area contributed by atoms with Crippen LogP contribution < -0.4 is 5.32 Å². The van der Waals surface area contributed by atoms with Crippen LogP contribution in [0.1, 0.15) is 34.8 Å². The predicted molar refractivity (Wildman–Crippen MR) is 104 cm³/mol. The van der Waals surface area contributed by atoms with E-state index in [1.54, 1.807) is 31.2 Å². The molecule has 0 fully saturated rings. The summed E-state index contributed by atoms with van der Waals surface area (Å²) in [6, 6.07) is 12.6. The zero-order valence-electron chi connectivity index (χ0n) is 15.4. The lowest BCUT2D eigenvalue weighted by Crippen LogP contribution is -2.15. The van der Waals surface area contributed by atoms with E-state index in [2.05, 4.69) is 5.32 Å². The lowest BCUT2D eigenvalue weighted by atomic mass is 10.2. The Hall–Kier alpha value is -3.13. The van der Waals surface area contributed by atoms with Crippen molar-refractivity contribution in [2.75, 3.05) is 17.7 Å². The number of hydrogen-bond donors (Lipinski definition) is 1. The Bertz CT molecular complexity index is 1150. The van der Waals surface area contributed by atoms with Gasteiger partial charge in [-0.2, -0.15) is 0 Å². The fourth-order valence-corrected chi connectivity index (χ4v) is 3.62. The largest absolute Gasteiger partial charge is 0.460 e. The van der Waals surface area contributed by atoms with Crippen LogP contribution in [0, 0.1) is 0 Å². The molecule has 0 unspecified atom stereocenters. The highest BCUT2D eigenvalue weighted by molar-refractivity contribution is 7.91. The van der Waals surface area contributed by atoms with Gasteiger partial charge in [0, 0.05) is 10.9 Å². The van der Waals surface area contributed by atoms with Gasteiger partial charge in [-0.15, -0.1) is 0 Å². The number of benzene rings is 2. The summed E-state index contributed by atoms with van der Waals surface area (Å²) in [5.41, 5.74) is 0.751. The number of para-hydroxylation sites is 1. The SMILES string of the molecule is CCOC(=O)c1oc2ccccc2c1NC(=O)c1cccc(S(=O)(=O)CC)c1. The molecule has 0 aliphatic carbocycles. The van der Waals surface area contributed by atoms with Crippen molar-refractivity contribution in [3.8, 4) is 0 Å². The van der Waals surface area contributed by atoms with Crippen LogP contribution in [0.4, 0.5) is 5.69 Å². The van der Waals surface area contributed by atoms with Crippen molar-refractivity contribution < 1.29 is 27.2 Å². The maximum atomic E-state index is 12.8. The molecule has 0 aliphatic rings. The minimum absolute atomic E-state index is 0.0605. The Labute approximate surface area is 162 Å². The van der Waals surface area contributed by atoms with Gasteiger partial charge in [0.05, 0.1) is 17.3 Å². The van der Waals surface area contributed by atoms with Crippen molar-refractivity contribution in [1.82, 2.24) is 0 Å². The third-order valence-electron chi connectivity index (χ3n) is 4.13. The Morgan fingerprint density at radius 3 is 2.54 bits per heavy atom. The standard InChI is InChI=1S/C20H19NO6S/c1-3-26-20(23)18-17(15-10-5-6-11-16(15)27-18)21-19(22)13-8-7-9-14(12-13)28(24,25)4-2/h5-12H,3-4H2,1-2H3,(H,21,22). The molecule has 2 aromatic carbocycles. The maximum Gasteiger partial charge on any atom is 0.376 e. The van der Waals surface area contributed by atoms with E-state index in [4.69, 9.17) is 9.15 Å². The van der Waals surface area contributed by atoms with E-state index in [1.807, 2.05) is 0 Å². The second-order valence-corrected chi connectivity index (χ2v) is 8.19. The van der Waals surface area contributed by atoms with Crippen molar-refractivity contribution in [2.45, 2.75) is 18.7 Å². The number of rotatable bonds is 6. The Morgan fingerprint density at radius 2 is 1.82 bits per heavy atom. The molecule has 28 heavy (non-hydrogen) atoms. The zero-order valence-corrected chi connectivity index (χ0v) is 16.2. The smallest absolute Gasteiger partial charge is 0.376 e. The van der Waals surface area contributed by atoms with E-state index in [0.717, 1.165) is 0 Å². The second kappa shape index (κ2) is 7.85. The third kappa shape index (κ3) is 3.77. The van der Waals surface area contributed by atoms with Crippen molar-refractivity contribution in [2.24, 2.45) is 0 Å². The molecular formula is C20H19NO6S. The first kappa shape index (κ1) is 19.6. The van der Waals surface area contributed by atoms with E-state index in [1.165, 1.54) is 31.2 Å². The molecule has 0 bridgehead atoms. The van der Waals surface area contributed by atoms with Crippen molar-refractivity contribution in [1.29, 1.82) is 0 Å². The van der Waals surface area contributed by atoms with E-state index >= 15 is 0 Å². The number of sulfone groups is 1. The van der Waals surface area contributed by atoms with Gasteiger partial charge in [-0.05, 0) is 37.3 Å². The van der Waals surface area contributed by atoms with E-state index < -0.39 is 21.7 Å². The number of ether oxygens (including phenoxy) is 1. The molecule has 0 atom stereocenters. The molecule has 7 nitrogen and oxygen atoms in total. The fourth-order valence-electron chi connectivity index (χ4n) is 2.69. The normalized spacial score (nSPS) is 11.4. The molecule has 0 saturated carbocycles. The number of nitrogens with one attached hydrogen (secondary N) is 1. The molecule has 3 aromatic rings. The molecule has 0 spiro atoms. The summed E-state index contributed by atoms with van der Waals surface area (Å²) >= 11 is 0. The number of fused-ring (bicyclic) bond motifs is 1. The Kier molecular flexibility index (Phi) is 5.51. The molecule has 1 aromatic heterocycles. The highest BCUT2D eigenvalue weighted by Gasteiger charge is 2.24. The van der Waals surface area contributed by atoms with Crippen LogP contribution in [0.25, 0.3) is 11.0 Å². The molecule has 3 rings (SSSR count).